The Hall–Kier alpha value is -0.420. The molecule has 1 saturated carbocycles. The van der Waals surface area contributed by atoms with Gasteiger partial charge in [0.25, 0.3) is 5.91 Å². The van der Waals surface area contributed by atoms with Crippen molar-refractivity contribution in [2.75, 3.05) is 24.6 Å². The van der Waals surface area contributed by atoms with E-state index in [-0.39, 0.29) is 18.1 Å². The zero-order valence-corrected chi connectivity index (χ0v) is 12.6. The molecule has 0 unspecified atom stereocenters. The van der Waals surface area contributed by atoms with E-state index in [1.165, 1.54) is 19.3 Å². The Morgan fingerprint density at radius 3 is 2.47 bits per heavy atom. The van der Waals surface area contributed by atoms with E-state index >= 15 is 0 Å². The number of hydrogen-bond donors (Lipinski definition) is 0. The van der Waals surface area contributed by atoms with Crippen molar-refractivity contribution in [3.8, 4) is 0 Å². The topological polar surface area (TPSA) is 46.6 Å². The summed E-state index contributed by atoms with van der Waals surface area (Å²) in [5.74, 6) is 1.33. The third-order valence-electron chi connectivity index (χ3n) is 4.04. The largest absolute Gasteiger partial charge is 0.365 e. The van der Waals surface area contributed by atoms with Crippen LogP contribution in [0, 0.1) is 0 Å². The smallest absolute Gasteiger partial charge is 0.251 e. The molecule has 110 valence electrons. The van der Waals surface area contributed by atoms with Crippen molar-refractivity contribution in [1.29, 1.82) is 0 Å². The third-order valence-corrected chi connectivity index (χ3v) is 5.32. The first kappa shape index (κ1) is 15.0. The van der Waals surface area contributed by atoms with Gasteiger partial charge in [-0.1, -0.05) is 26.2 Å². The molecule has 1 aliphatic heterocycles. The van der Waals surface area contributed by atoms with Crippen LogP contribution in [0.25, 0.3) is 0 Å². The SMILES string of the molecule is CC[C@@H](OC1CCCCC1)C(=O)N1CCS(=O)CC1. The van der Waals surface area contributed by atoms with Crippen LogP contribution in [0.15, 0.2) is 0 Å². The van der Waals surface area contributed by atoms with Crippen LogP contribution in [0.3, 0.4) is 0 Å². The van der Waals surface area contributed by atoms with E-state index in [0.717, 1.165) is 19.3 Å². The quantitative estimate of drug-likeness (QED) is 0.791. The third kappa shape index (κ3) is 4.28. The fraction of sp³-hybridized carbons (Fsp3) is 0.929. The van der Waals surface area contributed by atoms with Gasteiger partial charge in [-0.05, 0) is 19.3 Å². The van der Waals surface area contributed by atoms with Crippen LogP contribution in [-0.2, 0) is 20.3 Å². The van der Waals surface area contributed by atoms with Crippen molar-refractivity contribution < 1.29 is 13.7 Å². The molecule has 0 spiro atoms. The van der Waals surface area contributed by atoms with Gasteiger partial charge in [0.05, 0.1) is 6.10 Å². The first-order valence-electron chi connectivity index (χ1n) is 7.50. The molecule has 0 bridgehead atoms. The first-order valence-corrected chi connectivity index (χ1v) is 8.98. The number of nitrogens with zero attached hydrogens (tertiary/aromatic N) is 1. The Morgan fingerprint density at radius 1 is 1.26 bits per heavy atom. The second-order valence-corrected chi connectivity index (χ2v) is 7.16. The van der Waals surface area contributed by atoms with E-state index in [0.29, 0.717) is 24.6 Å². The highest BCUT2D eigenvalue weighted by molar-refractivity contribution is 7.85. The van der Waals surface area contributed by atoms with Crippen molar-refractivity contribution >= 4 is 16.7 Å². The number of hydrogen-bond acceptors (Lipinski definition) is 3. The molecule has 1 aliphatic carbocycles. The fourth-order valence-corrected chi connectivity index (χ4v) is 3.88. The molecule has 5 heteroatoms. The maximum Gasteiger partial charge on any atom is 0.251 e. The van der Waals surface area contributed by atoms with Crippen LogP contribution in [0.1, 0.15) is 45.4 Å². The second-order valence-electron chi connectivity index (χ2n) is 5.47. The highest BCUT2D eigenvalue weighted by atomic mass is 32.2. The second kappa shape index (κ2) is 7.39. The molecule has 1 atom stereocenters. The minimum Gasteiger partial charge on any atom is -0.365 e. The molecule has 0 N–H and O–H groups in total. The number of ether oxygens (including phenoxy) is 1. The van der Waals surface area contributed by atoms with E-state index in [2.05, 4.69) is 0 Å². The molecule has 2 fully saturated rings. The van der Waals surface area contributed by atoms with Gasteiger partial charge in [0.1, 0.15) is 6.10 Å². The molecule has 4 nitrogen and oxygen atoms in total. The predicted octanol–water partition coefficient (Wildman–Crippen LogP) is 1.71. The Bertz CT molecular complexity index is 319. The molecule has 1 heterocycles. The normalized spacial score (nSPS) is 24.4. The molecule has 2 rings (SSSR count). The van der Waals surface area contributed by atoms with Gasteiger partial charge in [0, 0.05) is 35.4 Å². The molecule has 0 aromatic carbocycles. The van der Waals surface area contributed by atoms with E-state index in [1.807, 2.05) is 11.8 Å². The van der Waals surface area contributed by atoms with Crippen molar-refractivity contribution in [2.24, 2.45) is 0 Å². The van der Waals surface area contributed by atoms with Crippen LogP contribution < -0.4 is 0 Å². The summed E-state index contributed by atoms with van der Waals surface area (Å²) in [7, 11) is -0.734. The minimum atomic E-state index is -0.734. The van der Waals surface area contributed by atoms with Crippen LogP contribution in [0.4, 0.5) is 0 Å². The fourth-order valence-electron chi connectivity index (χ4n) is 2.82. The molecule has 19 heavy (non-hydrogen) atoms. The summed E-state index contributed by atoms with van der Waals surface area (Å²) in [5.41, 5.74) is 0. The number of carbonyl (C=O) groups is 1. The summed E-state index contributed by atoms with van der Waals surface area (Å²) < 4.78 is 17.3. The Kier molecular flexibility index (Phi) is 5.82. The van der Waals surface area contributed by atoms with Crippen molar-refractivity contribution in [3.63, 3.8) is 0 Å². The average molecular weight is 287 g/mol. The van der Waals surface area contributed by atoms with E-state index in [4.69, 9.17) is 4.74 Å². The van der Waals surface area contributed by atoms with E-state index < -0.39 is 10.8 Å². The predicted molar refractivity (Wildman–Crippen MR) is 76.5 cm³/mol. The zero-order chi connectivity index (χ0) is 13.7. The summed E-state index contributed by atoms with van der Waals surface area (Å²) in [5, 5.41) is 0. The summed E-state index contributed by atoms with van der Waals surface area (Å²) in [6.45, 7) is 3.25. The van der Waals surface area contributed by atoms with Crippen LogP contribution in [0.2, 0.25) is 0 Å². The minimum absolute atomic E-state index is 0.102. The van der Waals surface area contributed by atoms with Gasteiger partial charge in [0.2, 0.25) is 0 Å². The average Bonchev–Trinajstić information content (AvgIpc) is 2.46. The van der Waals surface area contributed by atoms with Gasteiger partial charge >= 0.3 is 0 Å². The molecule has 0 aromatic rings. The van der Waals surface area contributed by atoms with Gasteiger partial charge in [-0.2, -0.15) is 0 Å². The van der Waals surface area contributed by atoms with Crippen LogP contribution in [0.5, 0.6) is 0 Å². The number of amides is 1. The van der Waals surface area contributed by atoms with E-state index in [9.17, 15) is 9.00 Å². The maximum atomic E-state index is 12.4. The molecule has 1 amide bonds. The highest BCUT2D eigenvalue weighted by Gasteiger charge is 2.29. The van der Waals surface area contributed by atoms with Gasteiger partial charge in [-0.25, -0.2) is 0 Å². The first-order chi connectivity index (χ1) is 9.20. The van der Waals surface area contributed by atoms with Gasteiger partial charge in [0.15, 0.2) is 0 Å². The van der Waals surface area contributed by atoms with Crippen molar-refractivity contribution in [3.05, 3.63) is 0 Å². The van der Waals surface area contributed by atoms with Gasteiger partial charge < -0.3 is 9.64 Å². The van der Waals surface area contributed by atoms with E-state index in [1.54, 1.807) is 0 Å². The lowest BCUT2D eigenvalue weighted by Crippen LogP contribution is -2.47. The lowest BCUT2D eigenvalue weighted by atomic mass is 9.97. The van der Waals surface area contributed by atoms with Crippen molar-refractivity contribution in [1.82, 2.24) is 4.90 Å². The summed E-state index contributed by atoms with van der Waals surface area (Å²) in [6, 6.07) is 0. The summed E-state index contributed by atoms with van der Waals surface area (Å²) in [6.07, 6.45) is 6.62. The highest BCUT2D eigenvalue weighted by Crippen LogP contribution is 2.23. The molecule has 0 aromatic heterocycles. The Balaban J connectivity index is 1.85. The maximum absolute atomic E-state index is 12.4. The lowest BCUT2D eigenvalue weighted by molar-refractivity contribution is -0.148. The molecule has 1 saturated heterocycles. The van der Waals surface area contributed by atoms with Crippen LogP contribution in [-0.4, -0.2) is 51.8 Å². The summed E-state index contributed by atoms with van der Waals surface area (Å²) in [4.78, 5) is 14.2. The standard InChI is InChI=1S/C14H25NO3S/c1-2-13(18-12-6-4-3-5-7-12)14(16)15-8-10-19(17)11-9-15/h12-13H,2-11H2,1H3/t13-/m1/s1. The van der Waals surface area contributed by atoms with Gasteiger partial charge in [-0.3, -0.25) is 9.00 Å². The molecule has 0 radical (unpaired) electrons. The van der Waals surface area contributed by atoms with Gasteiger partial charge in [-0.15, -0.1) is 0 Å². The summed E-state index contributed by atoms with van der Waals surface area (Å²) >= 11 is 0. The number of rotatable bonds is 4. The Labute approximate surface area is 118 Å². The molecule has 2 aliphatic rings. The number of carbonyl (C=O) groups excluding carboxylic acids is 1. The monoisotopic (exact) mass is 287 g/mol. The lowest BCUT2D eigenvalue weighted by Gasteiger charge is -2.32. The zero-order valence-electron chi connectivity index (χ0n) is 11.8. The molecular weight excluding hydrogens is 262 g/mol. The Morgan fingerprint density at radius 2 is 1.89 bits per heavy atom. The van der Waals surface area contributed by atoms with Crippen LogP contribution >= 0.6 is 0 Å². The van der Waals surface area contributed by atoms with Crippen molar-refractivity contribution in [2.45, 2.75) is 57.7 Å². The molecular formula is C14H25NO3S.